The summed E-state index contributed by atoms with van der Waals surface area (Å²) >= 11 is 0. The Hall–Kier alpha value is -1.70. The van der Waals surface area contributed by atoms with Crippen molar-refractivity contribution in [2.75, 3.05) is 45.8 Å². The van der Waals surface area contributed by atoms with Crippen LogP contribution in [0.5, 0.6) is 0 Å². The van der Waals surface area contributed by atoms with Crippen LogP contribution in [0.1, 0.15) is 31.4 Å². The zero-order valence-corrected chi connectivity index (χ0v) is 17.8. The molecule has 2 aliphatic rings. The van der Waals surface area contributed by atoms with E-state index in [4.69, 9.17) is 0 Å². The third-order valence-electron chi connectivity index (χ3n) is 5.60. The molecule has 28 heavy (non-hydrogen) atoms. The Morgan fingerprint density at radius 3 is 2.43 bits per heavy atom. The smallest absolute Gasteiger partial charge is 0.243 e. The van der Waals surface area contributed by atoms with Crippen LogP contribution in [0.4, 0.5) is 0 Å². The topological polar surface area (TPSA) is 60.9 Å². The average Bonchev–Trinajstić information content (AvgIpc) is 3.15. The molecule has 1 fully saturated rings. The lowest BCUT2D eigenvalue weighted by molar-refractivity contribution is -0.133. The molecule has 0 bridgehead atoms. The van der Waals surface area contributed by atoms with Crippen molar-refractivity contribution < 1.29 is 13.2 Å². The van der Waals surface area contributed by atoms with Crippen molar-refractivity contribution >= 4 is 15.9 Å². The van der Waals surface area contributed by atoms with Gasteiger partial charge < -0.3 is 4.90 Å². The molecule has 0 N–H and O–H groups in total. The first-order chi connectivity index (χ1) is 13.3. The Balaban J connectivity index is 1.60. The minimum atomic E-state index is -3.50. The van der Waals surface area contributed by atoms with Gasteiger partial charge in [0, 0.05) is 32.7 Å². The zero-order valence-electron chi connectivity index (χ0n) is 17.0. The van der Waals surface area contributed by atoms with Crippen molar-refractivity contribution in [1.29, 1.82) is 0 Å². The molecule has 0 atom stereocenters. The fraction of sp³-hybridized carbons (Fsp3) is 0.571. The van der Waals surface area contributed by atoms with Crippen molar-refractivity contribution in [3.63, 3.8) is 0 Å². The van der Waals surface area contributed by atoms with Crippen LogP contribution < -0.4 is 0 Å². The first-order valence-corrected chi connectivity index (χ1v) is 11.5. The van der Waals surface area contributed by atoms with Crippen molar-refractivity contribution in [1.82, 2.24) is 14.1 Å². The fourth-order valence-electron chi connectivity index (χ4n) is 3.99. The van der Waals surface area contributed by atoms with Crippen LogP contribution in [0.15, 0.2) is 35.2 Å². The molecule has 7 heteroatoms. The van der Waals surface area contributed by atoms with Gasteiger partial charge in [0.05, 0.1) is 11.4 Å². The Labute approximate surface area is 168 Å². The number of fused-ring (bicyclic) bond motifs is 1. The quantitative estimate of drug-likeness (QED) is 0.650. The second kappa shape index (κ2) is 8.76. The highest BCUT2D eigenvalue weighted by atomic mass is 32.2. The van der Waals surface area contributed by atoms with E-state index in [0.717, 1.165) is 36.9 Å². The Kier molecular flexibility index (Phi) is 6.58. The molecule has 1 saturated heterocycles. The van der Waals surface area contributed by atoms with Crippen LogP contribution in [0.2, 0.25) is 0 Å². The molecular formula is C21H31N3O3S. The first-order valence-electron chi connectivity index (χ1n) is 10.1. The summed E-state index contributed by atoms with van der Waals surface area (Å²) in [4.78, 5) is 16.8. The summed E-state index contributed by atoms with van der Waals surface area (Å²) < 4.78 is 27.5. The first kappa shape index (κ1) is 21.0. The Bertz CT molecular complexity index is 842. The summed E-state index contributed by atoms with van der Waals surface area (Å²) in [5.74, 6) is 0.0534. The molecule has 1 amide bonds. The molecule has 0 saturated carbocycles. The number of carbonyl (C=O) groups excluding carboxylic acids is 1. The van der Waals surface area contributed by atoms with Crippen molar-refractivity contribution in [2.45, 2.75) is 38.0 Å². The summed E-state index contributed by atoms with van der Waals surface area (Å²) in [5.41, 5.74) is 3.46. The zero-order chi connectivity index (χ0) is 20.3. The van der Waals surface area contributed by atoms with Crippen molar-refractivity contribution in [3.8, 4) is 0 Å². The van der Waals surface area contributed by atoms with E-state index in [2.05, 4.69) is 11.5 Å². The maximum atomic E-state index is 13.0. The molecule has 1 aromatic carbocycles. The second-order valence-corrected chi connectivity index (χ2v) is 9.77. The molecule has 1 aliphatic carbocycles. The van der Waals surface area contributed by atoms with E-state index in [1.54, 1.807) is 11.0 Å². The van der Waals surface area contributed by atoms with E-state index in [1.807, 2.05) is 26.0 Å². The number of nitrogens with zero attached hydrogens (tertiary/aromatic N) is 3. The van der Waals surface area contributed by atoms with Gasteiger partial charge in [-0.15, -0.1) is 0 Å². The molecular weight excluding hydrogens is 374 g/mol. The van der Waals surface area contributed by atoms with Crippen LogP contribution in [0.3, 0.4) is 0 Å². The molecule has 3 rings (SSSR count). The lowest BCUT2D eigenvalue weighted by atomic mass is 10.1. The third-order valence-corrected chi connectivity index (χ3v) is 7.49. The molecule has 1 heterocycles. The normalized spacial score (nSPS) is 17.8. The number of hydrogen-bond acceptors (Lipinski definition) is 4. The summed E-state index contributed by atoms with van der Waals surface area (Å²) in [7, 11) is -3.50. The van der Waals surface area contributed by atoms with E-state index >= 15 is 0 Å². The minimum absolute atomic E-state index is 0.0534. The molecule has 6 nitrogen and oxygen atoms in total. The number of likely N-dealkylation sites (N-methyl/N-ethyl adjacent to an activating group) is 1. The van der Waals surface area contributed by atoms with Crippen LogP contribution in [0.25, 0.3) is 0 Å². The maximum absolute atomic E-state index is 13.0. The van der Waals surface area contributed by atoms with Crippen molar-refractivity contribution in [3.05, 3.63) is 41.5 Å². The molecule has 154 valence electrons. The summed E-state index contributed by atoms with van der Waals surface area (Å²) in [6.45, 7) is 11.3. The highest BCUT2D eigenvalue weighted by Crippen LogP contribution is 2.26. The minimum Gasteiger partial charge on any atom is -0.339 e. The SMILES string of the molecule is C=C(C)CN(CC)CC(=O)N1CCN(S(=O)(=O)c2ccc3c(c2)CCC3)CC1. The largest absolute Gasteiger partial charge is 0.339 e. The van der Waals surface area contributed by atoms with E-state index in [9.17, 15) is 13.2 Å². The number of rotatable bonds is 7. The van der Waals surface area contributed by atoms with Crippen LogP contribution in [0, 0.1) is 0 Å². The van der Waals surface area contributed by atoms with Gasteiger partial charge in [0.1, 0.15) is 0 Å². The summed E-state index contributed by atoms with van der Waals surface area (Å²) in [6, 6.07) is 5.52. The van der Waals surface area contributed by atoms with Gasteiger partial charge in [0.15, 0.2) is 0 Å². The molecule has 0 aromatic heterocycles. The second-order valence-electron chi connectivity index (χ2n) is 7.83. The van der Waals surface area contributed by atoms with Gasteiger partial charge in [-0.05, 0) is 56.0 Å². The van der Waals surface area contributed by atoms with Crippen LogP contribution >= 0.6 is 0 Å². The predicted octanol–water partition coefficient (Wildman–Crippen LogP) is 1.91. The van der Waals surface area contributed by atoms with E-state index in [-0.39, 0.29) is 5.91 Å². The monoisotopic (exact) mass is 405 g/mol. The number of carbonyl (C=O) groups is 1. The van der Waals surface area contributed by atoms with E-state index in [0.29, 0.717) is 44.2 Å². The van der Waals surface area contributed by atoms with Gasteiger partial charge in [0.25, 0.3) is 0 Å². The van der Waals surface area contributed by atoms with Gasteiger partial charge in [0.2, 0.25) is 15.9 Å². The molecule has 1 aromatic rings. The number of sulfonamides is 1. The van der Waals surface area contributed by atoms with Crippen LogP contribution in [-0.2, 0) is 27.7 Å². The van der Waals surface area contributed by atoms with Crippen molar-refractivity contribution in [2.24, 2.45) is 0 Å². The van der Waals surface area contributed by atoms with Gasteiger partial charge >= 0.3 is 0 Å². The average molecular weight is 406 g/mol. The maximum Gasteiger partial charge on any atom is 0.243 e. The van der Waals surface area contributed by atoms with E-state index in [1.165, 1.54) is 9.87 Å². The molecule has 0 spiro atoms. The van der Waals surface area contributed by atoms with Gasteiger partial charge in [-0.1, -0.05) is 25.1 Å². The number of aryl methyl sites for hydroxylation is 2. The molecule has 0 unspecified atom stereocenters. The number of piperazine rings is 1. The van der Waals surface area contributed by atoms with E-state index < -0.39 is 10.0 Å². The lowest BCUT2D eigenvalue weighted by Crippen LogP contribution is -2.52. The number of amides is 1. The molecule has 0 radical (unpaired) electrons. The summed E-state index contributed by atoms with van der Waals surface area (Å²) in [6.07, 6.45) is 3.09. The third kappa shape index (κ3) is 4.64. The molecule has 1 aliphatic heterocycles. The predicted molar refractivity (Wildman–Crippen MR) is 111 cm³/mol. The lowest BCUT2D eigenvalue weighted by Gasteiger charge is -2.35. The van der Waals surface area contributed by atoms with Crippen LogP contribution in [-0.4, -0.2) is 74.2 Å². The fourth-order valence-corrected chi connectivity index (χ4v) is 5.46. The summed E-state index contributed by atoms with van der Waals surface area (Å²) in [5, 5.41) is 0. The highest BCUT2D eigenvalue weighted by molar-refractivity contribution is 7.89. The van der Waals surface area contributed by atoms with Gasteiger partial charge in [-0.2, -0.15) is 4.31 Å². The van der Waals surface area contributed by atoms with Gasteiger partial charge in [-0.25, -0.2) is 8.42 Å². The Morgan fingerprint density at radius 2 is 1.79 bits per heavy atom. The van der Waals surface area contributed by atoms with Gasteiger partial charge in [-0.3, -0.25) is 9.69 Å². The Morgan fingerprint density at radius 1 is 1.11 bits per heavy atom. The highest BCUT2D eigenvalue weighted by Gasteiger charge is 2.31. The standard InChI is InChI=1S/C21H31N3O3S/c1-4-22(15-17(2)3)16-21(25)23-10-12-24(13-11-23)28(26,27)20-9-8-18-6-5-7-19(18)14-20/h8-9,14H,2,4-7,10-13,15-16H2,1,3H3. The number of benzene rings is 1. The number of hydrogen-bond donors (Lipinski definition) is 0.